The first kappa shape index (κ1) is 16.6. The molecule has 23 heavy (non-hydrogen) atoms. The molecule has 0 aliphatic carbocycles. The minimum atomic E-state index is -3.50. The molecule has 1 aliphatic rings. The molecular weight excluding hydrogens is 337 g/mol. The molecule has 0 spiro atoms. The van der Waals surface area contributed by atoms with Gasteiger partial charge in [-0.3, -0.25) is 0 Å². The number of hydrogen-bond acceptors (Lipinski definition) is 4. The van der Waals surface area contributed by atoms with E-state index in [1.807, 2.05) is 13.0 Å². The molecule has 124 valence electrons. The fraction of sp³-hybridized carbons (Fsp3) is 0.375. The predicted octanol–water partition coefficient (Wildman–Crippen LogP) is 3.21. The van der Waals surface area contributed by atoms with E-state index in [2.05, 4.69) is 0 Å². The van der Waals surface area contributed by atoms with Crippen molar-refractivity contribution in [3.05, 3.63) is 52.7 Å². The summed E-state index contributed by atoms with van der Waals surface area (Å²) in [5, 5.41) is 0. The maximum Gasteiger partial charge on any atom is 0.252 e. The van der Waals surface area contributed by atoms with Crippen molar-refractivity contribution < 1.29 is 17.5 Å². The van der Waals surface area contributed by atoms with Gasteiger partial charge in [-0.05, 0) is 36.2 Å². The lowest BCUT2D eigenvalue weighted by Crippen LogP contribution is -2.41. The lowest BCUT2D eigenvalue weighted by Gasteiger charge is -2.32. The second kappa shape index (κ2) is 6.68. The first-order valence-electron chi connectivity index (χ1n) is 7.46. The highest BCUT2D eigenvalue weighted by molar-refractivity contribution is 7.91. The molecule has 1 aromatic heterocycles. The summed E-state index contributed by atoms with van der Waals surface area (Å²) in [6.45, 7) is 2.90. The van der Waals surface area contributed by atoms with Gasteiger partial charge in [-0.25, -0.2) is 12.8 Å². The number of nitrogens with zero attached hydrogens (tertiary/aromatic N) is 1. The smallest absolute Gasteiger partial charge is 0.252 e. The van der Waals surface area contributed by atoms with Crippen molar-refractivity contribution in [3.8, 4) is 0 Å². The monoisotopic (exact) mass is 355 g/mol. The Balaban J connectivity index is 1.81. The first-order chi connectivity index (χ1) is 11.0. The van der Waals surface area contributed by atoms with E-state index in [1.165, 1.54) is 27.8 Å². The van der Waals surface area contributed by atoms with Crippen LogP contribution >= 0.6 is 11.3 Å². The summed E-state index contributed by atoms with van der Waals surface area (Å²) in [7, 11) is -3.50. The molecule has 1 unspecified atom stereocenters. The van der Waals surface area contributed by atoms with Crippen LogP contribution in [0.5, 0.6) is 0 Å². The van der Waals surface area contributed by atoms with Gasteiger partial charge in [0.05, 0.1) is 12.7 Å². The van der Waals surface area contributed by atoms with Crippen molar-refractivity contribution in [1.82, 2.24) is 4.31 Å². The number of benzene rings is 1. The van der Waals surface area contributed by atoms with Crippen molar-refractivity contribution in [3.63, 3.8) is 0 Å². The highest BCUT2D eigenvalue weighted by Gasteiger charge is 2.32. The molecule has 1 fully saturated rings. The van der Waals surface area contributed by atoms with Crippen molar-refractivity contribution in [2.24, 2.45) is 0 Å². The van der Waals surface area contributed by atoms with Crippen LogP contribution in [-0.2, 0) is 21.2 Å². The minimum Gasteiger partial charge on any atom is -0.371 e. The number of aryl methyl sites for hydroxylation is 1. The van der Waals surface area contributed by atoms with E-state index < -0.39 is 10.0 Å². The average Bonchev–Trinajstić information content (AvgIpc) is 3.05. The first-order valence-corrected chi connectivity index (χ1v) is 9.72. The zero-order valence-electron chi connectivity index (χ0n) is 12.7. The summed E-state index contributed by atoms with van der Waals surface area (Å²) in [5.74, 6) is -0.320. The van der Waals surface area contributed by atoms with E-state index in [0.29, 0.717) is 17.4 Å². The zero-order valence-corrected chi connectivity index (χ0v) is 14.4. The van der Waals surface area contributed by atoms with Crippen LogP contribution < -0.4 is 0 Å². The third kappa shape index (κ3) is 3.47. The molecular formula is C16H18FNO3S2. The Morgan fingerprint density at radius 3 is 2.65 bits per heavy atom. The summed E-state index contributed by atoms with van der Waals surface area (Å²) in [6, 6.07) is 9.52. The fourth-order valence-electron chi connectivity index (χ4n) is 2.54. The van der Waals surface area contributed by atoms with Crippen molar-refractivity contribution in [2.75, 3.05) is 19.7 Å². The highest BCUT2D eigenvalue weighted by Crippen LogP contribution is 2.30. The van der Waals surface area contributed by atoms with Crippen molar-refractivity contribution >= 4 is 21.4 Å². The number of ether oxygens (including phenoxy) is 1. The lowest BCUT2D eigenvalue weighted by atomic mass is 10.1. The quantitative estimate of drug-likeness (QED) is 0.846. The maximum atomic E-state index is 13.0. The van der Waals surface area contributed by atoms with Crippen molar-refractivity contribution in [1.29, 1.82) is 0 Å². The van der Waals surface area contributed by atoms with E-state index in [4.69, 9.17) is 4.74 Å². The molecule has 3 rings (SSSR count). The molecule has 2 aromatic rings. The molecule has 1 atom stereocenters. The molecule has 0 saturated carbocycles. The van der Waals surface area contributed by atoms with Crippen LogP contribution in [0.3, 0.4) is 0 Å². The van der Waals surface area contributed by atoms with Gasteiger partial charge in [0.2, 0.25) is 0 Å². The minimum absolute atomic E-state index is 0.243. The molecule has 0 amide bonds. The third-order valence-electron chi connectivity index (χ3n) is 3.85. The van der Waals surface area contributed by atoms with Crippen LogP contribution in [0.15, 0.2) is 40.6 Å². The predicted molar refractivity (Wildman–Crippen MR) is 87.5 cm³/mol. The number of morpholine rings is 1. The largest absolute Gasteiger partial charge is 0.371 e. The normalized spacial score (nSPS) is 19.8. The highest BCUT2D eigenvalue weighted by atomic mass is 32.2. The molecule has 7 heteroatoms. The second-order valence-electron chi connectivity index (χ2n) is 5.35. The van der Waals surface area contributed by atoms with Crippen LogP contribution in [0.25, 0.3) is 0 Å². The van der Waals surface area contributed by atoms with E-state index in [9.17, 15) is 12.8 Å². The van der Waals surface area contributed by atoms with Gasteiger partial charge in [-0.15, -0.1) is 11.3 Å². The fourth-order valence-corrected chi connectivity index (χ4v) is 5.41. The Bertz CT molecular complexity index is 771. The Morgan fingerprint density at radius 1 is 1.26 bits per heavy atom. The number of thiophene rings is 1. The standard InChI is InChI=1S/C16H18FNO3S2/c1-2-14-7-8-16(22-14)23(19,20)18-9-10-21-15(11-18)12-3-5-13(17)6-4-12/h3-8,15H,2,9-11H2,1H3. The number of sulfonamides is 1. The molecule has 4 nitrogen and oxygen atoms in total. The van der Waals surface area contributed by atoms with Crippen LogP contribution in [0, 0.1) is 5.82 Å². The maximum absolute atomic E-state index is 13.0. The van der Waals surface area contributed by atoms with E-state index in [1.54, 1.807) is 18.2 Å². The Kier molecular flexibility index (Phi) is 4.82. The average molecular weight is 355 g/mol. The van der Waals surface area contributed by atoms with Gasteiger partial charge in [-0.1, -0.05) is 19.1 Å². The molecule has 1 aromatic carbocycles. The van der Waals surface area contributed by atoms with E-state index in [-0.39, 0.29) is 18.5 Å². The number of halogens is 1. The summed E-state index contributed by atoms with van der Waals surface area (Å²) in [4.78, 5) is 1.05. The zero-order chi connectivity index (χ0) is 16.4. The summed E-state index contributed by atoms with van der Waals surface area (Å²) < 4.78 is 46.1. The molecule has 1 aliphatic heterocycles. The van der Waals surface area contributed by atoms with Gasteiger partial charge in [0.1, 0.15) is 10.0 Å². The summed E-state index contributed by atoms with van der Waals surface area (Å²) in [6.07, 6.45) is 0.450. The van der Waals surface area contributed by atoms with E-state index in [0.717, 1.165) is 16.9 Å². The Morgan fingerprint density at radius 2 is 2.00 bits per heavy atom. The molecule has 0 radical (unpaired) electrons. The molecule has 0 bridgehead atoms. The van der Waals surface area contributed by atoms with Gasteiger partial charge in [0.25, 0.3) is 10.0 Å². The van der Waals surface area contributed by atoms with Gasteiger partial charge in [-0.2, -0.15) is 4.31 Å². The van der Waals surface area contributed by atoms with Crippen molar-refractivity contribution in [2.45, 2.75) is 23.7 Å². The van der Waals surface area contributed by atoms with E-state index >= 15 is 0 Å². The number of rotatable bonds is 4. The second-order valence-corrected chi connectivity index (χ2v) is 8.68. The number of hydrogen-bond donors (Lipinski definition) is 0. The van der Waals surface area contributed by atoms with Crippen LogP contribution in [0.1, 0.15) is 23.5 Å². The topological polar surface area (TPSA) is 46.6 Å². The van der Waals surface area contributed by atoms with Gasteiger partial charge in [0, 0.05) is 18.0 Å². The van der Waals surface area contributed by atoms with Gasteiger partial charge >= 0.3 is 0 Å². The Hall–Kier alpha value is -1.28. The molecule has 0 N–H and O–H groups in total. The SMILES string of the molecule is CCc1ccc(S(=O)(=O)N2CCOC(c3ccc(F)cc3)C2)s1. The summed E-state index contributed by atoms with van der Waals surface area (Å²) in [5.41, 5.74) is 0.784. The third-order valence-corrected chi connectivity index (χ3v) is 7.41. The van der Waals surface area contributed by atoms with Crippen LogP contribution in [0.4, 0.5) is 4.39 Å². The Labute approximate surface area is 139 Å². The van der Waals surface area contributed by atoms with Gasteiger partial charge in [0.15, 0.2) is 0 Å². The molecule has 2 heterocycles. The van der Waals surface area contributed by atoms with Gasteiger partial charge < -0.3 is 4.74 Å². The lowest BCUT2D eigenvalue weighted by molar-refractivity contribution is -0.00253. The van der Waals surface area contributed by atoms with Crippen LogP contribution in [-0.4, -0.2) is 32.4 Å². The van der Waals surface area contributed by atoms with Crippen LogP contribution in [0.2, 0.25) is 0 Å². The summed E-state index contributed by atoms with van der Waals surface area (Å²) >= 11 is 1.31. The molecule has 1 saturated heterocycles.